The van der Waals surface area contributed by atoms with Crippen molar-refractivity contribution in [3.63, 3.8) is 0 Å². The van der Waals surface area contributed by atoms with E-state index in [2.05, 4.69) is 0 Å². The average Bonchev–Trinajstić information content (AvgIpc) is 2.15. The summed E-state index contributed by atoms with van der Waals surface area (Å²) in [5.41, 5.74) is 6.74. The summed E-state index contributed by atoms with van der Waals surface area (Å²) < 4.78 is 5.01. The Balaban J connectivity index is 3.06. The normalized spacial score (nSPS) is 13.7. The van der Waals surface area contributed by atoms with Gasteiger partial charge < -0.3 is 15.6 Å². The maximum atomic E-state index is 9.80. The van der Waals surface area contributed by atoms with Crippen LogP contribution in [0.4, 0.5) is 0 Å². The third-order valence-corrected chi connectivity index (χ3v) is 2.51. The molecule has 3 heteroatoms. The fourth-order valence-electron chi connectivity index (χ4n) is 1.38. The highest BCUT2D eigenvalue weighted by Gasteiger charge is 2.24. The van der Waals surface area contributed by atoms with Crippen LogP contribution in [0.25, 0.3) is 0 Å². The van der Waals surface area contributed by atoms with Crippen molar-refractivity contribution in [3.05, 3.63) is 23.8 Å². The summed E-state index contributed by atoms with van der Waals surface area (Å²) in [6.45, 7) is 6.13. The quantitative estimate of drug-likeness (QED) is 0.786. The molecular weight excluding hydrogens is 190 g/mol. The van der Waals surface area contributed by atoms with Gasteiger partial charge in [0.15, 0.2) is 0 Å². The van der Waals surface area contributed by atoms with Crippen molar-refractivity contribution in [1.82, 2.24) is 0 Å². The van der Waals surface area contributed by atoms with Crippen LogP contribution >= 0.6 is 0 Å². The highest BCUT2D eigenvalue weighted by atomic mass is 16.5. The number of phenols is 1. The number of aromatic hydroxyl groups is 1. The number of phenolic OH excluding ortho intramolecular Hbond substituents is 1. The number of methoxy groups -OCH3 is 1. The molecule has 1 rings (SSSR count). The van der Waals surface area contributed by atoms with E-state index in [-0.39, 0.29) is 17.2 Å². The molecule has 0 saturated carbocycles. The van der Waals surface area contributed by atoms with Crippen molar-refractivity contribution in [3.8, 4) is 11.5 Å². The Morgan fingerprint density at radius 3 is 2.33 bits per heavy atom. The summed E-state index contributed by atoms with van der Waals surface area (Å²) in [4.78, 5) is 0. The predicted octanol–water partition coefficient (Wildman–Crippen LogP) is 2.45. The minimum absolute atomic E-state index is 0.0773. The molecule has 0 amide bonds. The summed E-state index contributed by atoms with van der Waals surface area (Å²) in [7, 11) is 1.57. The van der Waals surface area contributed by atoms with Gasteiger partial charge in [-0.15, -0.1) is 0 Å². The van der Waals surface area contributed by atoms with Crippen molar-refractivity contribution >= 4 is 0 Å². The number of hydrogen-bond acceptors (Lipinski definition) is 3. The first kappa shape index (κ1) is 11.9. The number of benzene rings is 1. The van der Waals surface area contributed by atoms with Crippen LogP contribution in [0.1, 0.15) is 32.4 Å². The van der Waals surface area contributed by atoms with Crippen LogP contribution in [0.15, 0.2) is 18.2 Å². The molecule has 0 fully saturated rings. The highest BCUT2D eigenvalue weighted by molar-refractivity contribution is 5.41. The van der Waals surface area contributed by atoms with E-state index in [1.54, 1.807) is 19.2 Å². The zero-order valence-electron chi connectivity index (χ0n) is 9.74. The summed E-state index contributed by atoms with van der Waals surface area (Å²) in [5, 5.41) is 9.80. The molecule has 15 heavy (non-hydrogen) atoms. The number of rotatable bonds is 2. The molecule has 0 aliphatic heterocycles. The average molecular weight is 209 g/mol. The van der Waals surface area contributed by atoms with Gasteiger partial charge in [-0.05, 0) is 11.5 Å². The largest absolute Gasteiger partial charge is 0.507 e. The van der Waals surface area contributed by atoms with Gasteiger partial charge >= 0.3 is 0 Å². The van der Waals surface area contributed by atoms with Crippen molar-refractivity contribution in [2.45, 2.75) is 26.8 Å². The first-order valence-electron chi connectivity index (χ1n) is 4.98. The lowest BCUT2D eigenvalue weighted by molar-refractivity contribution is 0.316. The van der Waals surface area contributed by atoms with E-state index < -0.39 is 0 Å². The molecule has 0 saturated heterocycles. The van der Waals surface area contributed by atoms with Crippen LogP contribution in [0.3, 0.4) is 0 Å². The van der Waals surface area contributed by atoms with Crippen LogP contribution in [-0.2, 0) is 0 Å². The summed E-state index contributed by atoms with van der Waals surface area (Å²) in [6.07, 6.45) is 0. The van der Waals surface area contributed by atoms with E-state index >= 15 is 0 Å². The molecule has 1 aromatic rings. The Hall–Kier alpha value is -1.22. The van der Waals surface area contributed by atoms with Gasteiger partial charge in [0.25, 0.3) is 0 Å². The van der Waals surface area contributed by atoms with Crippen LogP contribution in [-0.4, -0.2) is 12.2 Å². The summed E-state index contributed by atoms with van der Waals surface area (Å²) >= 11 is 0. The van der Waals surface area contributed by atoms with Crippen LogP contribution in [0, 0.1) is 5.41 Å². The third kappa shape index (κ3) is 2.63. The molecule has 1 aromatic carbocycles. The Morgan fingerprint density at radius 2 is 1.93 bits per heavy atom. The van der Waals surface area contributed by atoms with Gasteiger partial charge in [0, 0.05) is 17.7 Å². The minimum atomic E-state index is -0.191. The Bertz CT molecular complexity index is 342. The molecule has 0 bridgehead atoms. The van der Waals surface area contributed by atoms with Gasteiger partial charge in [-0.1, -0.05) is 26.8 Å². The number of hydrogen-bond donors (Lipinski definition) is 2. The Labute approximate surface area is 90.9 Å². The molecule has 0 spiro atoms. The van der Waals surface area contributed by atoms with Gasteiger partial charge in [-0.25, -0.2) is 0 Å². The minimum Gasteiger partial charge on any atom is -0.507 e. The monoisotopic (exact) mass is 209 g/mol. The molecule has 0 aliphatic carbocycles. The molecule has 3 N–H and O–H groups in total. The molecule has 1 atom stereocenters. The van der Waals surface area contributed by atoms with Gasteiger partial charge in [0.1, 0.15) is 11.5 Å². The smallest absolute Gasteiger partial charge is 0.124 e. The summed E-state index contributed by atoms with van der Waals surface area (Å²) in [6, 6.07) is 5.01. The Morgan fingerprint density at radius 1 is 1.33 bits per heavy atom. The first-order chi connectivity index (χ1) is 6.86. The fourth-order valence-corrected chi connectivity index (χ4v) is 1.38. The van der Waals surface area contributed by atoms with E-state index in [0.717, 1.165) is 5.56 Å². The first-order valence-corrected chi connectivity index (χ1v) is 4.98. The van der Waals surface area contributed by atoms with Gasteiger partial charge in [0.05, 0.1) is 7.11 Å². The lowest BCUT2D eigenvalue weighted by atomic mass is 9.83. The fraction of sp³-hybridized carbons (Fsp3) is 0.500. The lowest BCUT2D eigenvalue weighted by Gasteiger charge is -2.28. The second kappa shape index (κ2) is 4.11. The van der Waals surface area contributed by atoms with Crippen molar-refractivity contribution in [2.24, 2.45) is 11.1 Å². The number of nitrogens with two attached hydrogens (primary N) is 1. The molecule has 0 heterocycles. The third-order valence-electron chi connectivity index (χ3n) is 2.51. The van der Waals surface area contributed by atoms with Crippen molar-refractivity contribution < 1.29 is 9.84 Å². The maximum absolute atomic E-state index is 9.80. The second-order valence-corrected chi connectivity index (χ2v) is 4.77. The van der Waals surface area contributed by atoms with Crippen LogP contribution in [0.2, 0.25) is 0 Å². The maximum Gasteiger partial charge on any atom is 0.124 e. The second-order valence-electron chi connectivity index (χ2n) is 4.77. The summed E-state index contributed by atoms with van der Waals surface area (Å²) in [5.74, 6) is 0.828. The SMILES string of the molecule is COc1ccc([C@H](N)C(C)(C)C)c(O)c1. The molecule has 0 unspecified atom stereocenters. The van der Waals surface area contributed by atoms with Crippen LogP contribution in [0.5, 0.6) is 11.5 Å². The predicted molar refractivity (Wildman–Crippen MR) is 61.0 cm³/mol. The van der Waals surface area contributed by atoms with E-state index in [0.29, 0.717) is 5.75 Å². The Kier molecular flexibility index (Phi) is 3.25. The molecule has 0 radical (unpaired) electrons. The van der Waals surface area contributed by atoms with Crippen molar-refractivity contribution in [2.75, 3.05) is 7.11 Å². The standard InChI is InChI=1S/C12H19NO2/c1-12(2,3)11(13)9-6-5-8(15-4)7-10(9)14/h5-7,11,14H,13H2,1-4H3/t11-/m0/s1. The zero-order chi connectivity index (χ0) is 11.6. The van der Waals surface area contributed by atoms with E-state index in [4.69, 9.17) is 10.5 Å². The lowest BCUT2D eigenvalue weighted by Crippen LogP contribution is -2.26. The molecule has 3 nitrogen and oxygen atoms in total. The molecular formula is C12H19NO2. The van der Waals surface area contributed by atoms with Gasteiger partial charge in [-0.2, -0.15) is 0 Å². The van der Waals surface area contributed by atoms with E-state index in [9.17, 15) is 5.11 Å². The van der Waals surface area contributed by atoms with E-state index in [1.165, 1.54) is 0 Å². The number of ether oxygens (including phenoxy) is 1. The molecule has 84 valence electrons. The molecule has 0 aliphatic rings. The van der Waals surface area contributed by atoms with Gasteiger partial charge in [0.2, 0.25) is 0 Å². The zero-order valence-corrected chi connectivity index (χ0v) is 9.74. The van der Waals surface area contributed by atoms with E-state index in [1.807, 2.05) is 26.8 Å². The highest BCUT2D eigenvalue weighted by Crippen LogP contribution is 2.36. The van der Waals surface area contributed by atoms with Gasteiger partial charge in [-0.3, -0.25) is 0 Å². The topological polar surface area (TPSA) is 55.5 Å². The van der Waals surface area contributed by atoms with Crippen molar-refractivity contribution in [1.29, 1.82) is 0 Å². The molecule has 0 aromatic heterocycles. The van der Waals surface area contributed by atoms with Crippen LogP contribution < -0.4 is 10.5 Å².